The number of benzene rings is 2. The molecular weight excluding hydrogens is 583 g/mol. The number of ether oxygens (including phenoxy) is 3. The highest BCUT2D eigenvalue weighted by Gasteiger charge is 2.50. The van der Waals surface area contributed by atoms with Gasteiger partial charge in [-0.2, -0.15) is 13.2 Å². The number of nitrogens with zero attached hydrogens (tertiary/aromatic N) is 2. The van der Waals surface area contributed by atoms with Crippen molar-refractivity contribution in [3.8, 4) is 11.5 Å². The van der Waals surface area contributed by atoms with Gasteiger partial charge in [0.2, 0.25) is 5.91 Å². The van der Waals surface area contributed by atoms with Crippen LogP contribution in [0.4, 0.5) is 13.2 Å². The second-order valence-electron chi connectivity index (χ2n) is 10.6. The molecule has 1 spiro atoms. The number of alkyl halides is 3. The molecule has 2 N–H and O–H groups in total. The number of halogens is 3. The van der Waals surface area contributed by atoms with Crippen LogP contribution >= 0.6 is 0 Å². The van der Waals surface area contributed by atoms with Gasteiger partial charge < -0.3 is 29.2 Å². The fourth-order valence-corrected chi connectivity index (χ4v) is 5.86. The molecule has 238 valence electrons. The van der Waals surface area contributed by atoms with E-state index in [0.717, 1.165) is 60.6 Å². The van der Waals surface area contributed by atoms with Gasteiger partial charge in [0.25, 0.3) is 0 Å². The monoisotopic (exact) mass is 619 g/mol. The summed E-state index contributed by atoms with van der Waals surface area (Å²) in [7, 11) is 3.06. The molecule has 5 rings (SSSR count). The third-order valence-corrected chi connectivity index (χ3v) is 7.97. The lowest BCUT2D eigenvalue weighted by molar-refractivity contribution is -0.192. The molecule has 0 radical (unpaired) electrons. The number of carboxylic acid groups (broad SMARTS) is 1. The Labute approximate surface area is 252 Å². The third kappa shape index (κ3) is 7.44. The van der Waals surface area contributed by atoms with Gasteiger partial charge in [0.05, 0.1) is 19.8 Å². The molecule has 3 aromatic rings. The molecule has 1 aromatic heterocycles. The van der Waals surface area contributed by atoms with Gasteiger partial charge in [0.1, 0.15) is 18.1 Å². The van der Waals surface area contributed by atoms with Crippen molar-refractivity contribution < 1.29 is 46.9 Å². The zero-order chi connectivity index (χ0) is 31.9. The Morgan fingerprint density at radius 2 is 1.75 bits per heavy atom. The fraction of sp³-hybridized carbons (Fsp3) is 0.452. The average molecular weight is 620 g/mol. The molecule has 44 heavy (non-hydrogen) atoms. The maximum Gasteiger partial charge on any atom is 0.490 e. The van der Waals surface area contributed by atoms with Crippen LogP contribution in [0.2, 0.25) is 0 Å². The first-order valence-electron chi connectivity index (χ1n) is 14.2. The number of aromatic nitrogens is 1. The third-order valence-electron chi connectivity index (χ3n) is 7.97. The second-order valence-corrected chi connectivity index (χ2v) is 10.6. The minimum absolute atomic E-state index is 0.0909. The zero-order valence-electron chi connectivity index (χ0n) is 24.6. The standard InChI is InChI=1S/C29H35N3O5.C2HF3O2/c1-35-22-11-12-25-24(19-22)23-13-15-32(26(33)9-6-10-27(34)36-2)29(28(23)30-25)14-16-31(20-29)17-18-37-21-7-4-3-5-8-21;3-2(4,5)1(6)7/h3-5,7-8,11-12,19,30H,6,9-10,13-18,20H2,1-2H3;(H,6,7). The van der Waals surface area contributed by atoms with Crippen molar-refractivity contribution in [2.24, 2.45) is 0 Å². The molecule has 0 aliphatic carbocycles. The quantitative estimate of drug-likeness (QED) is 0.336. The molecule has 0 saturated carbocycles. The number of aliphatic carboxylic acids is 1. The van der Waals surface area contributed by atoms with Gasteiger partial charge in [-0.05, 0) is 55.2 Å². The van der Waals surface area contributed by atoms with Gasteiger partial charge in [0.15, 0.2) is 0 Å². The first-order valence-corrected chi connectivity index (χ1v) is 14.2. The van der Waals surface area contributed by atoms with E-state index in [9.17, 15) is 22.8 Å². The normalized spacial score (nSPS) is 18.0. The summed E-state index contributed by atoms with van der Waals surface area (Å²) in [5.41, 5.74) is 3.04. The van der Waals surface area contributed by atoms with Crippen LogP contribution < -0.4 is 9.47 Å². The van der Waals surface area contributed by atoms with Crippen molar-refractivity contribution in [1.82, 2.24) is 14.8 Å². The zero-order valence-corrected chi connectivity index (χ0v) is 24.6. The molecule has 2 aromatic carbocycles. The van der Waals surface area contributed by atoms with E-state index in [1.807, 2.05) is 36.4 Å². The molecule has 1 amide bonds. The summed E-state index contributed by atoms with van der Waals surface area (Å²) in [6, 6.07) is 16.0. The minimum Gasteiger partial charge on any atom is -0.497 e. The number of esters is 1. The van der Waals surface area contributed by atoms with Crippen LogP contribution in [0.3, 0.4) is 0 Å². The summed E-state index contributed by atoms with van der Waals surface area (Å²) in [6.07, 6.45) is -2.38. The van der Waals surface area contributed by atoms with Gasteiger partial charge >= 0.3 is 18.1 Å². The van der Waals surface area contributed by atoms with Crippen LogP contribution in [0, 0.1) is 0 Å². The lowest BCUT2D eigenvalue weighted by Crippen LogP contribution is -2.55. The lowest BCUT2D eigenvalue weighted by Gasteiger charge is -2.45. The van der Waals surface area contributed by atoms with E-state index in [-0.39, 0.29) is 18.3 Å². The molecule has 10 nitrogen and oxygen atoms in total. The van der Waals surface area contributed by atoms with Crippen molar-refractivity contribution in [1.29, 1.82) is 0 Å². The Morgan fingerprint density at radius 1 is 1.02 bits per heavy atom. The van der Waals surface area contributed by atoms with Gasteiger partial charge in [-0.1, -0.05) is 18.2 Å². The van der Waals surface area contributed by atoms with Crippen LogP contribution in [0.25, 0.3) is 10.9 Å². The summed E-state index contributed by atoms with van der Waals surface area (Å²) < 4.78 is 47.9. The highest BCUT2D eigenvalue weighted by Crippen LogP contribution is 2.45. The van der Waals surface area contributed by atoms with Crippen molar-refractivity contribution in [3.63, 3.8) is 0 Å². The number of likely N-dealkylation sites (tertiary alicyclic amines) is 1. The maximum absolute atomic E-state index is 13.6. The Balaban J connectivity index is 0.000000566. The molecule has 2 aliphatic rings. The number of methoxy groups -OCH3 is 2. The smallest absolute Gasteiger partial charge is 0.490 e. The first kappa shape index (κ1) is 32.6. The molecule has 13 heteroatoms. The molecular formula is C31H36F3N3O7. The summed E-state index contributed by atoms with van der Waals surface area (Å²) in [6.45, 7) is 3.64. The van der Waals surface area contributed by atoms with Gasteiger partial charge in [0, 0.05) is 55.6 Å². The number of rotatable bonds is 9. The number of nitrogens with one attached hydrogen (secondary N) is 1. The van der Waals surface area contributed by atoms with Crippen molar-refractivity contribution >= 4 is 28.7 Å². The molecule has 1 saturated heterocycles. The molecule has 2 aliphatic heterocycles. The number of para-hydroxylation sites is 1. The number of carbonyl (C=O) groups excluding carboxylic acids is 2. The lowest BCUT2D eigenvalue weighted by atomic mass is 9.83. The van der Waals surface area contributed by atoms with Crippen LogP contribution in [-0.2, 0) is 31.1 Å². The number of hydrogen-bond acceptors (Lipinski definition) is 7. The molecule has 3 heterocycles. The van der Waals surface area contributed by atoms with Gasteiger partial charge in [-0.3, -0.25) is 14.5 Å². The summed E-state index contributed by atoms with van der Waals surface area (Å²) in [4.78, 5) is 42.2. The minimum atomic E-state index is -5.08. The Kier molecular flexibility index (Phi) is 10.4. The van der Waals surface area contributed by atoms with Crippen LogP contribution in [0.5, 0.6) is 11.5 Å². The highest BCUT2D eigenvalue weighted by atomic mass is 19.4. The van der Waals surface area contributed by atoms with Gasteiger partial charge in [-0.15, -0.1) is 0 Å². The fourth-order valence-electron chi connectivity index (χ4n) is 5.86. The molecule has 1 atom stereocenters. The molecule has 1 fully saturated rings. The van der Waals surface area contributed by atoms with E-state index in [1.54, 1.807) is 7.11 Å². The van der Waals surface area contributed by atoms with E-state index in [0.29, 0.717) is 26.0 Å². The maximum atomic E-state index is 13.6. The largest absolute Gasteiger partial charge is 0.497 e. The predicted octanol–water partition coefficient (Wildman–Crippen LogP) is 4.52. The van der Waals surface area contributed by atoms with E-state index < -0.39 is 17.7 Å². The highest BCUT2D eigenvalue weighted by molar-refractivity contribution is 5.88. The van der Waals surface area contributed by atoms with E-state index in [1.165, 1.54) is 12.7 Å². The summed E-state index contributed by atoms with van der Waals surface area (Å²) in [5, 5.41) is 8.29. The van der Waals surface area contributed by atoms with Gasteiger partial charge in [-0.25, -0.2) is 4.79 Å². The second kappa shape index (κ2) is 14.0. The number of carbonyl (C=O) groups is 3. The van der Waals surface area contributed by atoms with Crippen LogP contribution in [-0.4, -0.2) is 90.9 Å². The van der Waals surface area contributed by atoms with Crippen molar-refractivity contribution in [2.45, 2.75) is 43.8 Å². The van der Waals surface area contributed by atoms with Crippen molar-refractivity contribution in [2.75, 3.05) is 47.0 Å². The Hall–Kier alpha value is -4.26. The molecule has 0 bridgehead atoms. The number of carboxylic acids is 1. The summed E-state index contributed by atoms with van der Waals surface area (Å²) >= 11 is 0. The number of fused-ring (bicyclic) bond motifs is 4. The Morgan fingerprint density at radius 3 is 2.41 bits per heavy atom. The first-order chi connectivity index (χ1) is 21.0. The number of hydrogen-bond donors (Lipinski definition) is 2. The summed E-state index contributed by atoms with van der Waals surface area (Å²) in [5.74, 6) is -1.25. The van der Waals surface area contributed by atoms with Crippen LogP contribution in [0.15, 0.2) is 48.5 Å². The van der Waals surface area contributed by atoms with Crippen LogP contribution in [0.1, 0.15) is 36.9 Å². The molecule has 1 unspecified atom stereocenters. The van der Waals surface area contributed by atoms with E-state index >= 15 is 0 Å². The van der Waals surface area contributed by atoms with E-state index in [2.05, 4.69) is 26.9 Å². The average Bonchev–Trinajstić information content (AvgIpc) is 3.60. The number of H-pyrrole nitrogens is 1. The SMILES string of the molecule is COC(=O)CCCC(=O)N1CCc2c([nH]c3ccc(OC)cc23)C12CCN(CCOc1ccccc1)C2.O=C(O)C(F)(F)F. The predicted molar refractivity (Wildman–Crippen MR) is 154 cm³/mol. The number of amides is 1. The Bertz CT molecular complexity index is 1460. The topological polar surface area (TPSA) is 121 Å². The number of aromatic amines is 1. The van der Waals surface area contributed by atoms with Crippen molar-refractivity contribution in [3.05, 3.63) is 59.8 Å². The van der Waals surface area contributed by atoms with E-state index in [4.69, 9.17) is 24.1 Å².